The van der Waals surface area contributed by atoms with Crippen LogP contribution in [0.1, 0.15) is 0 Å². The Kier molecular flexibility index (Phi) is 2.41. The maximum atomic E-state index is 13.0. The molecular formula is C14H8FNO2. The third kappa shape index (κ3) is 1.78. The van der Waals surface area contributed by atoms with Crippen LogP contribution in [0.2, 0.25) is 0 Å². The van der Waals surface area contributed by atoms with Crippen molar-refractivity contribution in [3.8, 4) is 11.5 Å². The minimum absolute atomic E-state index is 0.231. The first-order chi connectivity index (χ1) is 8.74. The first-order valence-electron chi connectivity index (χ1n) is 5.39. The van der Waals surface area contributed by atoms with Gasteiger partial charge >= 0.3 is 0 Å². The topological polar surface area (TPSA) is 43.1 Å². The van der Waals surface area contributed by atoms with Gasteiger partial charge in [-0.3, -0.25) is 9.78 Å². The molecule has 88 valence electrons. The monoisotopic (exact) mass is 241 g/mol. The predicted octanol–water partition coefficient (Wildman–Crippen LogP) is 2.99. The van der Waals surface area contributed by atoms with Gasteiger partial charge in [-0.25, -0.2) is 4.39 Å². The molecule has 0 radical (unpaired) electrons. The molecule has 18 heavy (non-hydrogen) atoms. The van der Waals surface area contributed by atoms with E-state index in [0.717, 1.165) is 0 Å². The summed E-state index contributed by atoms with van der Waals surface area (Å²) in [6.07, 6.45) is 1.62. The quantitative estimate of drug-likeness (QED) is 0.657. The Morgan fingerprint density at radius 3 is 2.78 bits per heavy atom. The zero-order valence-electron chi connectivity index (χ0n) is 9.26. The van der Waals surface area contributed by atoms with E-state index in [0.29, 0.717) is 17.0 Å². The Morgan fingerprint density at radius 1 is 1.11 bits per heavy atom. The van der Waals surface area contributed by atoms with Crippen LogP contribution in [-0.2, 0) is 0 Å². The summed E-state index contributed by atoms with van der Waals surface area (Å²) in [6, 6.07) is 10.5. The smallest absolute Gasteiger partial charge is 0.193 e. The molecule has 0 N–H and O–H groups in total. The number of pyridine rings is 1. The fourth-order valence-corrected chi connectivity index (χ4v) is 1.76. The molecular weight excluding hydrogens is 233 g/mol. The fraction of sp³-hybridized carbons (Fsp3) is 0. The van der Waals surface area contributed by atoms with Crippen LogP contribution in [0, 0.1) is 5.82 Å². The molecule has 0 unspecified atom stereocenters. The van der Waals surface area contributed by atoms with Gasteiger partial charge in [0.2, 0.25) is 0 Å². The molecule has 0 saturated carbocycles. The SMILES string of the molecule is O=c1cc(-c2ccccn2)oc2ccc(F)cc12. The first kappa shape index (κ1) is 10.7. The number of hydrogen-bond donors (Lipinski definition) is 0. The largest absolute Gasteiger partial charge is 0.454 e. The lowest BCUT2D eigenvalue weighted by Crippen LogP contribution is -2.01. The van der Waals surface area contributed by atoms with E-state index in [2.05, 4.69) is 4.98 Å². The van der Waals surface area contributed by atoms with E-state index in [1.165, 1.54) is 24.3 Å². The van der Waals surface area contributed by atoms with Gasteiger partial charge in [-0.2, -0.15) is 0 Å². The number of rotatable bonds is 1. The lowest BCUT2D eigenvalue weighted by Gasteiger charge is -2.02. The van der Waals surface area contributed by atoms with E-state index in [9.17, 15) is 9.18 Å². The molecule has 0 fully saturated rings. The maximum Gasteiger partial charge on any atom is 0.193 e. The number of nitrogens with zero attached hydrogens (tertiary/aromatic N) is 1. The van der Waals surface area contributed by atoms with E-state index in [1.54, 1.807) is 24.4 Å². The van der Waals surface area contributed by atoms with Crippen molar-refractivity contribution < 1.29 is 8.81 Å². The number of fused-ring (bicyclic) bond motifs is 1. The van der Waals surface area contributed by atoms with Gasteiger partial charge in [0, 0.05) is 12.3 Å². The second-order valence-corrected chi connectivity index (χ2v) is 3.83. The Balaban J connectivity index is 2.29. The summed E-state index contributed by atoms with van der Waals surface area (Å²) in [6.45, 7) is 0. The molecule has 3 rings (SSSR count). The van der Waals surface area contributed by atoms with Crippen LogP contribution in [0.5, 0.6) is 0 Å². The van der Waals surface area contributed by atoms with Gasteiger partial charge < -0.3 is 4.42 Å². The lowest BCUT2D eigenvalue weighted by molar-refractivity contribution is 0.606. The highest BCUT2D eigenvalue weighted by Crippen LogP contribution is 2.20. The molecule has 0 amide bonds. The highest BCUT2D eigenvalue weighted by Gasteiger charge is 2.08. The Labute approximate surface area is 102 Å². The van der Waals surface area contributed by atoms with E-state index in [4.69, 9.17) is 4.42 Å². The Bertz CT molecular complexity index is 766. The number of hydrogen-bond acceptors (Lipinski definition) is 3. The molecule has 0 aliphatic rings. The molecule has 2 heterocycles. The van der Waals surface area contributed by atoms with Crippen LogP contribution in [0.25, 0.3) is 22.4 Å². The standard InChI is InChI=1S/C14H8FNO2/c15-9-4-5-13-10(7-9)12(17)8-14(18-13)11-3-1-2-6-16-11/h1-8H. The van der Waals surface area contributed by atoms with Gasteiger partial charge in [-0.1, -0.05) is 6.07 Å². The maximum absolute atomic E-state index is 13.0. The number of benzene rings is 1. The summed E-state index contributed by atoms with van der Waals surface area (Å²) in [4.78, 5) is 16.0. The van der Waals surface area contributed by atoms with Gasteiger partial charge in [0.1, 0.15) is 17.1 Å². The number of halogens is 1. The van der Waals surface area contributed by atoms with Crippen LogP contribution >= 0.6 is 0 Å². The Hall–Kier alpha value is -2.49. The van der Waals surface area contributed by atoms with Crippen LogP contribution in [-0.4, -0.2) is 4.98 Å². The van der Waals surface area contributed by atoms with Gasteiger partial charge in [-0.05, 0) is 30.3 Å². The van der Waals surface area contributed by atoms with Crippen molar-refractivity contribution in [2.75, 3.05) is 0 Å². The van der Waals surface area contributed by atoms with Gasteiger partial charge in [0.15, 0.2) is 11.2 Å². The molecule has 0 spiro atoms. The summed E-state index contributed by atoms with van der Waals surface area (Å²) in [7, 11) is 0. The Morgan fingerprint density at radius 2 is 2.00 bits per heavy atom. The van der Waals surface area contributed by atoms with Gasteiger partial charge in [-0.15, -0.1) is 0 Å². The molecule has 0 saturated heterocycles. The van der Waals surface area contributed by atoms with Crippen molar-refractivity contribution in [1.29, 1.82) is 0 Å². The molecule has 3 aromatic rings. The van der Waals surface area contributed by atoms with E-state index >= 15 is 0 Å². The summed E-state index contributed by atoms with van der Waals surface area (Å²) < 4.78 is 18.6. The van der Waals surface area contributed by atoms with Crippen LogP contribution in [0.15, 0.2) is 57.9 Å². The predicted molar refractivity (Wildman–Crippen MR) is 65.7 cm³/mol. The molecule has 3 nitrogen and oxygen atoms in total. The normalized spacial score (nSPS) is 10.7. The summed E-state index contributed by atoms with van der Waals surface area (Å²) in [5, 5.41) is 0.231. The second-order valence-electron chi connectivity index (χ2n) is 3.83. The number of aromatic nitrogens is 1. The summed E-state index contributed by atoms with van der Waals surface area (Å²) in [5.74, 6) is -0.0832. The highest BCUT2D eigenvalue weighted by molar-refractivity contribution is 5.78. The average molecular weight is 241 g/mol. The summed E-state index contributed by atoms with van der Waals surface area (Å²) >= 11 is 0. The molecule has 2 aromatic heterocycles. The summed E-state index contributed by atoms with van der Waals surface area (Å²) in [5.41, 5.74) is 0.641. The average Bonchev–Trinajstić information content (AvgIpc) is 2.40. The van der Waals surface area contributed by atoms with Crippen LogP contribution in [0.3, 0.4) is 0 Å². The molecule has 1 aromatic carbocycles. The highest BCUT2D eigenvalue weighted by atomic mass is 19.1. The van der Waals surface area contributed by atoms with Crippen molar-refractivity contribution in [2.45, 2.75) is 0 Å². The zero-order valence-corrected chi connectivity index (χ0v) is 9.26. The van der Waals surface area contributed by atoms with E-state index in [1.807, 2.05) is 0 Å². The minimum Gasteiger partial charge on any atom is -0.454 e. The second kappa shape index (κ2) is 4.07. The van der Waals surface area contributed by atoms with Crippen molar-refractivity contribution in [1.82, 2.24) is 4.98 Å². The minimum atomic E-state index is -0.458. The third-order valence-electron chi connectivity index (χ3n) is 2.61. The fourth-order valence-electron chi connectivity index (χ4n) is 1.76. The molecule has 0 aliphatic carbocycles. The van der Waals surface area contributed by atoms with Crippen molar-refractivity contribution in [2.24, 2.45) is 0 Å². The van der Waals surface area contributed by atoms with Gasteiger partial charge in [0.25, 0.3) is 0 Å². The zero-order chi connectivity index (χ0) is 12.5. The molecule has 0 aliphatic heterocycles. The first-order valence-corrected chi connectivity index (χ1v) is 5.39. The molecule has 0 bridgehead atoms. The molecule has 4 heteroatoms. The van der Waals surface area contributed by atoms with E-state index in [-0.39, 0.29) is 10.8 Å². The van der Waals surface area contributed by atoms with Crippen LogP contribution in [0.4, 0.5) is 4.39 Å². The van der Waals surface area contributed by atoms with Crippen LogP contribution < -0.4 is 5.43 Å². The van der Waals surface area contributed by atoms with Crippen molar-refractivity contribution in [3.05, 3.63) is 64.7 Å². The van der Waals surface area contributed by atoms with E-state index < -0.39 is 5.82 Å². The van der Waals surface area contributed by atoms with Crippen molar-refractivity contribution >= 4 is 11.0 Å². The molecule has 0 atom stereocenters. The third-order valence-corrected chi connectivity index (χ3v) is 2.61. The van der Waals surface area contributed by atoms with Gasteiger partial charge in [0.05, 0.1) is 5.39 Å². The lowest BCUT2D eigenvalue weighted by atomic mass is 10.2. The van der Waals surface area contributed by atoms with Crippen molar-refractivity contribution in [3.63, 3.8) is 0 Å².